The quantitative estimate of drug-likeness (QED) is 0.506. The summed E-state index contributed by atoms with van der Waals surface area (Å²) in [6.45, 7) is 3.68. The Balaban J connectivity index is 1.88. The summed E-state index contributed by atoms with van der Waals surface area (Å²) in [7, 11) is 0. The molecule has 0 radical (unpaired) electrons. The molecule has 1 amide bonds. The summed E-state index contributed by atoms with van der Waals surface area (Å²) < 4.78 is 5.40. The molecule has 0 aliphatic carbocycles. The van der Waals surface area contributed by atoms with E-state index in [-0.39, 0.29) is 12.5 Å². The van der Waals surface area contributed by atoms with Gasteiger partial charge in [-0.25, -0.2) is 5.43 Å². The van der Waals surface area contributed by atoms with Crippen LogP contribution in [0.1, 0.15) is 18.1 Å². The maximum absolute atomic E-state index is 11.7. The van der Waals surface area contributed by atoms with Crippen LogP contribution >= 0.6 is 0 Å². The molecule has 5 heteroatoms. The van der Waals surface area contributed by atoms with Gasteiger partial charge in [0, 0.05) is 5.69 Å². The number of carbonyl (C=O) groups is 1. The molecule has 0 saturated carbocycles. The van der Waals surface area contributed by atoms with Gasteiger partial charge >= 0.3 is 0 Å². The standard InChI is InChI=1S/C17H19N3O2/c1-12-5-3-8-16(9-12)22-11-17(21)20-19-13(2)14-6-4-7-15(18)10-14/h3-10H,11,18H2,1-2H3,(H,20,21)/b19-13+. The molecule has 3 N–H and O–H groups in total. The number of hydrogen-bond donors (Lipinski definition) is 2. The van der Waals surface area contributed by atoms with Crippen molar-refractivity contribution in [1.29, 1.82) is 0 Å². The highest BCUT2D eigenvalue weighted by Gasteiger charge is 2.03. The number of carbonyl (C=O) groups excluding carboxylic acids is 1. The molecule has 0 aliphatic heterocycles. The number of aryl methyl sites for hydroxylation is 1. The van der Waals surface area contributed by atoms with Crippen LogP contribution in [0.25, 0.3) is 0 Å². The van der Waals surface area contributed by atoms with Crippen molar-refractivity contribution < 1.29 is 9.53 Å². The fourth-order valence-electron chi connectivity index (χ4n) is 1.86. The number of amides is 1. The molecule has 0 atom stereocenters. The number of nitrogens with one attached hydrogen (secondary N) is 1. The number of nitrogens with zero attached hydrogens (tertiary/aromatic N) is 1. The Morgan fingerprint density at radius 3 is 2.73 bits per heavy atom. The molecular weight excluding hydrogens is 278 g/mol. The molecule has 22 heavy (non-hydrogen) atoms. The molecule has 0 heterocycles. The largest absolute Gasteiger partial charge is 0.484 e. The van der Waals surface area contributed by atoms with Gasteiger partial charge in [0.15, 0.2) is 6.61 Å². The summed E-state index contributed by atoms with van der Waals surface area (Å²) in [4.78, 5) is 11.7. The highest BCUT2D eigenvalue weighted by molar-refractivity contribution is 5.99. The molecule has 2 rings (SSSR count). The zero-order valence-electron chi connectivity index (χ0n) is 12.7. The van der Waals surface area contributed by atoms with Crippen LogP contribution in [0.5, 0.6) is 5.75 Å². The summed E-state index contributed by atoms with van der Waals surface area (Å²) >= 11 is 0. The molecule has 0 spiro atoms. The Morgan fingerprint density at radius 1 is 1.23 bits per heavy atom. The highest BCUT2D eigenvalue weighted by atomic mass is 16.5. The summed E-state index contributed by atoms with van der Waals surface area (Å²) in [6, 6.07) is 14.8. The summed E-state index contributed by atoms with van der Waals surface area (Å²) in [5, 5.41) is 4.05. The molecule has 5 nitrogen and oxygen atoms in total. The van der Waals surface area contributed by atoms with Gasteiger partial charge in [0.1, 0.15) is 5.75 Å². The lowest BCUT2D eigenvalue weighted by Crippen LogP contribution is -2.25. The van der Waals surface area contributed by atoms with Crippen LogP contribution in [0.2, 0.25) is 0 Å². The van der Waals surface area contributed by atoms with Crippen molar-refractivity contribution in [3.05, 3.63) is 59.7 Å². The van der Waals surface area contributed by atoms with Crippen molar-refractivity contribution in [1.82, 2.24) is 5.43 Å². The average molecular weight is 297 g/mol. The molecule has 0 saturated heterocycles. The highest BCUT2D eigenvalue weighted by Crippen LogP contribution is 2.12. The lowest BCUT2D eigenvalue weighted by atomic mass is 10.1. The third kappa shape index (κ3) is 4.63. The van der Waals surface area contributed by atoms with Crippen LogP contribution in [-0.2, 0) is 4.79 Å². The maximum Gasteiger partial charge on any atom is 0.277 e. The van der Waals surface area contributed by atoms with Crippen LogP contribution in [0.15, 0.2) is 53.6 Å². The van der Waals surface area contributed by atoms with Crippen molar-refractivity contribution in [3.63, 3.8) is 0 Å². The smallest absolute Gasteiger partial charge is 0.277 e. The Hall–Kier alpha value is -2.82. The molecule has 0 unspecified atom stereocenters. The van der Waals surface area contributed by atoms with Gasteiger partial charge in [0.25, 0.3) is 5.91 Å². The zero-order valence-corrected chi connectivity index (χ0v) is 12.7. The number of anilines is 1. The lowest BCUT2D eigenvalue weighted by molar-refractivity contribution is -0.123. The van der Waals surface area contributed by atoms with Crippen molar-refractivity contribution in [2.24, 2.45) is 5.10 Å². The van der Waals surface area contributed by atoms with E-state index in [1.54, 1.807) is 19.1 Å². The van der Waals surface area contributed by atoms with Gasteiger partial charge in [0.05, 0.1) is 5.71 Å². The van der Waals surface area contributed by atoms with Crippen molar-refractivity contribution in [2.45, 2.75) is 13.8 Å². The van der Waals surface area contributed by atoms with Crippen LogP contribution in [-0.4, -0.2) is 18.2 Å². The first kappa shape index (κ1) is 15.6. The maximum atomic E-state index is 11.7. The van der Waals surface area contributed by atoms with E-state index in [1.807, 2.05) is 43.3 Å². The molecular formula is C17H19N3O2. The molecule has 0 aromatic heterocycles. The summed E-state index contributed by atoms with van der Waals surface area (Å²) in [5.41, 5.74) is 11.5. The number of nitrogens with two attached hydrogens (primary N) is 1. The van der Waals surface area contributed by atoms with E-state index in [4.69, 9.17) is 10.5 Å². The SMILES string of the molecule is C/C(=N\NC(=O)COc1cccc(C)c1)c1cccc(N)c1. The predicted molar refractivity (Wildman–Crippen MR) is 87.9 cm³/mol. The first-order chi connectivity index (χ1) is 10.5. The van der Waals surface area contributed by atoms with Crippen LogP contribution in [0.3, 0.4) is 0 Å². The van der Waals surface area contributed by atoms with Crippen LogP contribution in [0.4, 0.5) is 5.69 Å². The van der Waals surface area contributed by atoms with Crippen molar-refractivity contribution in [3.8, 4) is 5.75 Å². The van der Waals surface area contributed by atoms with Crippen molar-refractivity contribution in [2.75, 3.05) is 12.3 Å². The lowest BCUT2D eigenvalue weighted by Gasteiger charge is -2.06. The fraction of sp³-hybridized carbons (Fsp3) is 0.176. The summed E-state index contributed by atoms with van der Waals surface area (Å²) in [5.74, 6) is 0.344. The topological polar surface area (TPSA) is 76.7 Å². The number of benzene rings is 2. The second-order valence-corrected chi connectivity index (χ2v) is 4.96. The summed E-state index contributed by atoms with van der Waals surface area (Å²) in [6.07, 6.45) is 0. The third-order valence-corrected chi connectivity index (χ3v) is 3.01. The van der Waals surface area contributed by atoms with E-state index in [0.717, 1.165) is 11.1 Å². The molecule has 0 bridgehead atoms. The van der Waals surface area contributed by atoms with Crippen molar-refractivity contribution >= 4 is 17.3 Å². The Bertz CT molecular complexity index is 696. The monoisotopic (exact) mass is 297 g/mol. The Labute approximate surface area is 129 Å². The van der Waals surface area contributed by atoms with E-state index in [9.17, 15) is 4.79 Å². The Kier molecular flexibility index (Phi) is 5.14. The second-order valence-electron chi connectivity index (χ2n) is 4.96. The van der Waals surface area contributed by atoms with Gasteiger partial charge in [0.2, 0.25) is 0 Å². The van der Waals surface area contributed by atoms with E-state index in [1.165, 1.54) is 0 Å². The van der Waals surface area contributed by atoms with Gasteiger partial charge in [-0.15, -0.1) is 0 Å². The van der Waals surface area contributed by atoms with Gasteiger partial charge in [-0.2, -0.15) is 5.10 Å². The minimum absolute atomic E-state index is 0.0861. The third-order valence-electron chi connectivity index (χ3n) is 3.01. The zero-order chi connectivity index (χ0) is 15.9. The minimum atomic E-state index is -0.315. The normalized spacial score (nSPS) is 11.1. The molecule has 2 aromatic rings. The van der Waals surface area contributed by atoms with Gasteiger partial charge in [-0.05, 0) is 49.2 Å². The number of rotatable bonds is 5. The number of ether oxygens (including phenoxy) is 1. The van der Waals surface area contributed by atoms with E-state index in [0.29, 0.717) is 17.1 Å². The van der Waals surface area contributed by atoms with E-state index in [2.05, 4.69) is 10.5 Å². The molecule has 2 aromatic carbocycles. The first-order valence-electron chi connectivity index (χ1n) is 6.93. The van der Waals surface area contributed by atoms with E-state index < -0.39 is 0 Å². The van der Waals surface area contributed by atoms with Gasteiger partial charge in [-0.3, -0.25) is 4.79 Å². The first-order valence-corrected chi connectivity index (χ1v) is 6.93. The Morgan fingerprint density at radius 2 is 2.00 bits per heavy atom. The van der Waals surface area contributed by atoms with Crippen LogP contribution in [0, 0.1) is 6.92 Å². The number of nitrogen functional groups attached to an aromatic ring is 1. The number of hydrazone groups is 1. The molecule has 114 valence electrons. The van der Waals surface area contributed by atoms with E-state index >= 15 is 0 Å². The molecule has 0 aliphatic rings. The predicted octanol–water partition coefficient (Wildman–Crippen LogP) is 2.50. The fourth-order valence-corrected chi connectivity index (χ4v) is 1.86. The minimum Gasteiger partial charge on any atom is -0.484 e. The van der Waals surface area contributed by atoms with Gasteiger partial charge in [-0.1, -0.05) is 24.3 Å². The molecule has 0 fully saturated rings. The second kappa shape index (κ2) is 7.26. The number of hydrogen-bond acceptors (Lipinski definition) is 4. The van der Waals surface area contributed by atoms with Gasteiger partial charge < -0.3 is 10.5 Å². The average Bonchev–Trinajstić information content (AvgIpc) is 2.50. The van der Waals surface area contributed by atoms with Crippen LogP contribution < -0.4 is 15.9 Å².